The summed E-state index contributed by atoms with van der Waals surface area (Å²) >= 11 is 0. The van der Waals surface area contributed by atoms with Crippen LogP contribution in [-0.2, 0) is 0 Å². The smallest absolute Gasteiger partial charge is 0.397 e. The van der Waals surface area contributed by atoms with Crippen LogP contribution < -0.4 is 9.47 Å². The molecule has 4 rings (SSSR count). The van der Waals surface area contributed by atoms with E-state index >= 15 is 0 Å². The molecule has 2 aliphatic rings. The Morgan fingerprint density at radius 1 is 0.744 bits per heavy atom. The van der Waals surface area contributed by atoms with Crippen molar-refractivity contribution < 1.29 is 31.4 Å². The van der Waals surface area contributed by atoms with E-state index in [0.29, 0.717) is 5.92 Å². The molecule has 0 aliphatic heterocycles. The number of ether oxygens (including phenoxy) is 2. The zero-order valence-electron chi connectivity index (χ0n) is 23.1. The quantitative estimate of drug-likeness (QED) is 0.258. The first-order chi connectivity index (χ1) is 18.7. The van der Waals surface area contributed by atoms with Crippen LogP contribution in [0, 0.1) is 41.1 Å². The zero-order valence-corrected chi connectivity index (χ0v) is 23.1. The van der Waals surface area contributed by atoms with Crippen molar-refractivity contribution in [2.45, 2.75) is 97.0 Å². The second kappa shape index (κ2) is 13.4. The molecule has 0 bridgehead atoms. The minimum absolute atomic E-state index is 0.00949. The van der Waals surface area contributed by atoms with Crippen LogP contribution in [0.4, 0.5) is 22.0 Å². The molecule has 0 amide bonds. The van der Waals surface area contributed by atoms with Crippen molar-refractivity contribution in [1.29, 1.82) is 0 Å². The predicted octanol–water partition coefficient (Wildman–Crippen LogP) is 10.3. The van der Waals surface area contributed by atoms with Crippen LogP contribution in [0.1, 0.15) is 90.9 Å². The molecule has 0 atom stereocenters. The molecule has 216 valence electrons. The summed E-state index contributed by atoms with van der Waals surface area (Å²) in [6.07, 6.45) is 8.04. The average Bonchev–Trinajstić information content (AvgIpc) is 2.92. The number of rotatable bonds is 11. The first kappa shape index (κ1) is 29.7. The average molecular weight is 553 g/mol. The standard InChI is InChI=1S/C32H41F5O2/c1-3-5-21-6-10-23(11-7-21)24-12-8-22(9-13-24)18-19-32(36,37)39-29-17-15-26(30(34)31(29)35)25-14-16-28(38-4-2)27(33)20-25/h14-17,20-24H,3-13,18-19H2,1-2H3. The monoisotopic (exact) mass is 552 g/mol. The predicted molar refractivity (Wildman–Crippen MR) is 144 cm³/mol. The van der Waals surface area contributed by atoms with E-state index in [2.05, 4.69) is 11.7 Å². The molecule has 7 heteroatoms. The molecule has 0 saturated heterocycles. The van der Waals surface area contributed by atoms with Crippen LogP contribution in [0.3, 0.4) is 0 Å². The Labute approximate surface area is 229 Å². The van der Waals surface area contributed by atoms with E-state index in [1.165, 1.54) is 50.7 Å². The van der Waals surface area contributed by atoms with Gasteiger partial charge < -0.3 is 9.47 Å². The van der Waals surface area contributed by atoms with Crippen molar-refractivity contribution in [1.82, 2.24) is 0 Å². The molecule has 0 radical (unpaired) electrons. The fourth-order valence-corrected chi connectivity index (χ4v) is 6.66. The Morgan fingerprint density at radius 2 is 1.33 bits per heavy atom. The van der Waals surface area contributed by atoms with Gasteiger partial charge in [-0.2, -0.15) is 13.2 Å². The van der Waals surface area contributed by atoms with Crippen molar-refractivity contribution >= 4 is 0 Å². The Morgan fingerprint density at radius 3 is 1.90 bits per heavy atom. The fourth-order valence-electron chi connectivity index (χ4n) is 6.66. The topological polar surface area (TPSA) is 18.5 Å². The first-order valence-electron chi connectivity index (χ1n) is 14.7. The van der Waals surface area contributed by atoms with Crippen molar-refractivity contribution in [3.63, 3.8) is 0 Å². The highest BCUT2D eigenvalue weighted by Crippen LogP contribution is 2.44. The van der Waals surface area contributed by atoms with Gasteiger partial charge in [0.25, 0.3) is 0 Å². The van der Waals surface area contributed by atoms with E-state index in [4.69, 9.17) is 4.74 Å². The van der Waals surface area contributed by atoms with E-state index in [0.717, 1.165) is 55.7 Å². The second-order valence-electron chi connectivity index (χ2n) is 11.4. The molecule has 2 aromatic rings. The molecule has 2 saturated carbocycles. The highest BCUT2D eigenvalue weighted by atomic mass is 19.3. The van der Waals surface area contributed by atoms with Crippen LogP contribution >= 0.6 is 0 Å². The lowest BCUT2D eigenvalue weighted by molar-refractivity contribution is -0.185. The van der Waals surface area contributed by atoms with Crippen molar-refractivity contribution in [3.8, 4) is 22.6 Å². The van der Waals surface area contributed by atoms with Gasteiger partial charge in [0.1, 0.15) is 0 Å². The molecule has 2 aromatic carbocycles. The van der Waals surface area contributed by atoms with E-state index in [-0.39, 0.29) is 35.8 Å². The number of hydrogen-bond acceptors (Lipinski definition) is 2. The maximum atomic E-state index is 14.8. The summed E-state index contributed by atoms with van der Waals surface area (Å²) in [7, 11) is 0. The van der Waals surface area contributed by atoms with Gasteiger partial charge >= 0.3 is 6.11 Å². The molecule has 2 fully saturated rings. The lowest BCUT2D eigenvalue weighted by Gasteiger charge is -2.38. The van der Waals surface area contributed by atoms with Crippen molar-refractivity contribution in [2.24, 2.45) is 23.7 Å². The van der Waals surface area contributed by atoms with Gasteiger partial charge in [-0.1, -0.05) is 51.5 Å². The molecule has 0 spiro atoms. The van der Waals surface area contributed by atoms with Gasteiger partial charge in [-0.3, -0.25) is 0 Å². The van der Waals surface area contributed by atoms with Gasteiger partial charge in [0.05, 0.1) is 13.0 Å². The van der Waals surface area contributed by atoms with Crippen molar-refractivity contribution in [3.05, 3.63) is 47.8 Å². The maximum Gasteiger partial charge on any atom is 0.397 e. The first-order valence-corrected chi connectivity index (χ1v) is 14.7. The van der Waals surface area contributed by atoms with Gasteiger partial charge in [0.15, 0.2) is 23.1 Å². The van der Waals surface area contributed by atoms with Crippen LogP contribution in [-0.4, -0.2) is 12.7 Å². The van der Waals surface area contributed by atoms with Gasteiger partial charge in [0.2, 0.25) is 5.82 Å². The van der Waals surface area contributed by atoms with Crippen LogP contribution in [0.15, 0.2) is 30.3 Å². The van der Waals surface area contributed by atoms with Crippen molar-refractivity contribution in [2.75, 3.05) is 6.61 Å². The molecule has 0 heterocycles. The highest BCUT2D eigenvalue weighted by molar-refractivity contribution is 5.66. The van der Waals surface area contributed by atoms with Crippen LogP contribution in [0.25, 0.3) is 11.1 Å². The summed E-state index contributed by atoms with van der Waals surface area (Å²) in [5.41, 5.74) is -0.184. The Kier molecular flexibility index (Phi) is 10.2. The Bertz CT molecular complexity index is 1070. The summed E-state index contributed by atoms with van der Waals surface area (Å²) in [5, 5.41) is 0. The number of halogens is 5. The van der Waals surface area contributed by atoms with E-state index < -0.39 is 35.7 Å². The summed E-state index contributed by atoms with van der Waals surface area (Å²) in [6.45, 7) is 4.20. The van der Waals surface area contributed by atoms with E-state index in [9.17, 15) is 22.0 Å². The molecular formula is C32H41F5O2. The fraction of sp³-hybridized carbons (Fsp3) is 0.625. The molecule has 2 aliphatic carbocycles. The van der Waals surface area contributed by atoms with Gasteiger partial charge in [-0.15, -0.1) is 0 Å². The summed E-state index contributed by atoms with van der Waals surface area (Å²) in [5.74, 6) is -1.90. The Balaban J connectivity index is 1.28. The second-order valence-corrected chi connectivity index (χ2v) is 11.4. The molecular weight excluding hydrogens is 511 g/mol. The number of alkyl halides is 2. The van der Waals surface area contributed by atoms with Crippen LogP contribution in [0.5, 0.6) is 11.5 Å². The minimum atomic E-state index is -3.62. The summed E-state index contributed by atoms with van der Waals surface area (Å²) in [4.78, 5) is 0. The molecule has 0 aromatic heterocycles. The Hall–Kier alpha value is -2.31. The third-order valence-electron chi connectivity index (χ3n) is 8.84. The molecule has 0 N–H and O–H groups in total. The summed E-state index contributed by atoms with van der Waals surface area (Å²) < 4.78 is 82.8. The van der Waals surface area contributed by atoms with Crippen LogP contribution in [0.2, 0.25) is 0 Å². The highest BCUT2D eigenvalue weighted by Gasteiger charge is 2.36. The SMILES string of the molecule is CCCC1CCC(C2CCC(CCC(F)(F)Oc3ccc(-c4ccc(OCC)c(F)c4)c(F)c3F)CC2)CC1. The largest absolute Gasteiger partial charge is 0.491 e. The third-order valence-corrected chi connectivity index (χ3v) is 8.84. The zero-order chi connectivity index (χ0) is 28.0. The molecule has 2 nitrogen and oxygen atoms in total. The minimum Gasteiger partial charge on any atom is -0.491 e. The van der Waals surface area contributed by atoms with E-state index in [1.54, 1.807) is 6.92 Å². The lowest BCUT2D eigenvalue weighted by atomic mass is 9.68. The molecule has 0 unspecified atom stereocenters. The van der Waals surface area contributed by atoms with Gasteiger partial charge in [-0.25, -0.2) is 8.78 Å². The van der Waals surface area contributed by atoms with E-state index in [1.807, 2.05) is 0 Å². The number of hydrogen-bond donors (Lipinski definition) is 0. The number of benzene rings is 2. The lowest BCUT2D eigenvalue weighted by Crippen LogP contribution is -2.28. The summed E-state index contributed by atoms with van der Waals surface area (Å²) in [6, 6.07) is 5.80. The molecule has 39 heavy (non-hydrogen) atoms. The van der Waals surface area contributed by atoms with Gasteiger partial charge in [0, 0.05) is 5.56 Å². The third kappa shape index (κ3) is 7.67. The van der Waals surface area contributed by atoms with Gasteiger partial charge in [-0.05, 0) is 92.5 Å². The maximum absolute atomic E-state index is 14.8. The normalized spacial score (nSPS) is 24.0.